The fraction of sp³-hybridized carbons (Fsp3) is 0.647. The first-order valence-electron chi connectivity index (χ1n) is 7.90. The number of hydrogen-bond acceptors (Lipinski definition) is 2. The third-order valence-corrected chi connectivity index (χ3v) is 5.07. The van der Waals surface area contributed by atoms with E-state index in [1.54, 1.807) is 18.2 Å². The summed E-state index contributed by atoms with van der Waals surface area (Å²) >= 11 is 5.87. The molecule has 0 aromatic heterocycles. The fourth-order valence-corrected chi connectivity index (χ4v) is 3.64. The van der Waals surface area contributed by atoms with Crippen LogP contribution in [0.3, 0.4) is 0 Å². The van der Waals surface area contributed by atoms with Crippen LogP contribution in [0.2, 0.25) is 5.02 Å². The van der Waals surface area contributed by atoms with Gasteiger partial charge in [0.1, 0.15) is 5.82 Å². The quantitative estimate of drug-likeness (QED) is 0.777. The van der Waals surface area contributed by atoms with E-state index in [2.05, 4.69) is 32.6 Å². The lowest BCUT2D eigenvalue weighted by Gasteiger charge is -2.46. The molecule has 0 bridgehead atoms. The molecule has 0 fully saturated rings. The molecule has 0 aliphatic carbocycles. The van der Waals surface area contributed by atoms with Crippen LogP contribution in [-0.2, 0) is 6.42 Å². The molecule has 0 spiro atoms. The van der Waals surface area contributed by atoms with Crippen molar-refractivity contribution in [2.45, 2.75) is 58.5 Å². The van der Waals surface area contributed by atoms with E-state index >= 15 is 0 Å². The molecule has 0 heterocycles. The van der Waals surface area contributed by atoms with Crippen LogP contribution < -0.4 is 5.73 Å². The first-order valence-corrected chi connectivity index (χ1v) is 8.28. The molecular formula is C17H28ClFN2. The minimum atomic E-state index is -0.338. The third kappa shape index (κ3) is 3.77. The maximum Gasteiger partial charge on any atom is 0.145 e. The minimum Gasteiger partial charge on any atom is -0.326 e. The lowest BCUT2D eigenvalue weighted by Crippen LogP contribution is -2.60. The zero-order valence-electron chi connectivity index (χ0n) is 13.6. The van der Waals surface area contributed by atoms with Crippen LogP contribution >= 0.6 is 11.6 Å². The van der Waals surface area contributed by atoms with Crippen LogP contribution in [0.1, 0.15) is 46.1 Å². The summed E-state index contributed by atoms with van der Waals surface area (Å²) in [6.45, 7) is 10.5. The predicted molar refractivity (Wildman–Crippen MR) is 89.3 cm³/mol. The van der Waals surface area contributed by atoms with E-state index < -0.39 is 0 Å². The number of nitrogens with two attached hydrogens (primary N) is 1. The van der Waals surface area contributed by atoms with E-state index in [9.17, 15) is 4.39 Å². The number of likely N-dealkylation sites (N-methyl/N-ethyl adjacent to an activating group) is 1. The van der Waals surface area contributed by atoms with Crippen molar-refractivity contribution >= 4 is 11.6 Å². The first kappa shape index (κ1) is 18.4. The Labute approximate surface area is 133 Å². The zero-order valence-corrected chi connectivity index (χ0v) is 14.4. The molecule has 1 atom stereocenters. The molecule has 1 aromatic carbocycles. The van der Waals surface area contributed by atoms with E-state index in [0.29, 0.717) is 12.0 Å². The Morgan fingerprint density at radius 2 is 1.76 bits per heavy atom. The summed E-state index contributed by atoms with van der Waals surface area (Å²) in [4.78, 5) is 2.40. The standard InChI is InChI=1S/C17H28ClFN2/c1-5-17(6-2,21(7-3)8-4)15(20)12-13-10-9-11-14(18)16(13)19/h9-11,15H,5-8,12,20H2,1-4H3. The Morgan fingerprint density at radius 3 is 2.24 bits per heavy atom. The molecule has 2 N–H and O–H groups in total. The summed E-state index contributed by atoms with van der Waals surface area (Å²) in [6, 6.07) is 5.01. The van der Waals surface area contributed by atoms with Crippen LogP contribution in [0.5, 0.6) is 0 Å². The van der Waals surface area contributed by atoms with Gasteiger partial charge in [0.25, 0.3) is 0 Å². The topological polar surface area (TPSA) is 29.3 Å². The minimum absolute atomic E-state index is 0.0990. The first-order chi connectivity index (χ1) is 9.96. The molecule has 0 aliphatic rings. The Hall–Kier alpha value is -0.640. The van der Waals surface area contributed by atoms with Gasteiger partial charge >= 0.3 is 0 Å². The smallest absolute Gasteiger partial charge is 0.145 e. The van der Waals surface area contributed by atoms with Crippen LogP contribution in [0, 0.1) is 5.82 Å². The molecule has 0 saturated carbocycles. The van der Waals surface area contributed by atoms with Gasteiger partial charge in [-0.3, -0.25) is 4.90 Å². The normalized spacial score (nSPS) is 13.7. The Morgan fingerprint density at radius 1 is 1.19 bits per heavy atom. The Balaban J connectivity index is 3.06. The monoisotopic (exact) mass is 314 g/mol. The van der Waals surface area contributed by atoms with E-state index in [1.165, 1.54) is 0 Å². The molecule has 1 rings (SSSR count). The predicted octanol–water partition coefficient (Wildman–Crippen LogP) is 4.25. The molecule has 4 heteroatoms. The van der Waals surface area contributed by atoms with Crippen molar-refractivity contribution in [1.29, 1.82) is 0 Å². The summed E-state index contributed by atoms with van der Waals surface area (Å²) in [6.07, 6.45) is 2.41. The second-order valence-electron chi connectivity index (χ2n) is 5.51. The van der Waals surface area contributed by atoms with Crippen molar-refractivity contribution in [3.63, 3.8) is 0 Å². The highest BCUT2D eigenvalue weighted by Gasteiger charge is 2.38. The van der Waals surface area contributed by atoms with Crippen LogP contribution in [0.15, 0.2) is 18.2 Å². The molecule has 1 aromatic rings. The maximum absolute atomic E-state index is 14.1. The van der Waals surface area contributed by atoms with Gasteiger partial charge in [-0.15, -0.1) is 0 Å². The van der Waals surface area contributed by atoms with Crippen LogP contribution in [0.25, 0.3) is 0 Å². The number of hydrogen-bond donors (Lipinski definition) is 1. The second kappa shape index (κ2) is 8.11. The van der Waals surface area contributed by atoms with Gasteiger partial charge in [-0.05, 0) is 44.0 Å². The number of rotatable bonds is 8. The average Bonchev–Trinajstić information content (AvgIpc) is 2.49. The van der Waals surface area contributed by atoms with Gasteiger partial charge in [0, 0.05) is 11.6 Å². The summed E-state index contributed by atoms with van der Waals surface area (Å²) in [7, 11) is 0. The van der Waals surface area contributed by atoms with Crippen molar-refractivity contribution in [2.75, 3.05) is 13.1 Å². The SMILES string of the molecule is CCN(CC)C(CC)(CC)C(N)Cc1cccc(Cl)c1F. The van der Waals surface area contributed by atoms with Gasteiger partial charge in [-0.2, -0.15) is 0 Å². The lowest BCUT2D eigenvalue weighted by atomic mass is 9.80. The van der Waals surface area contributed by atoms with E-state index in [4.69, 9.17) is 17.3 Å². The Kier molecular flexibility index (Phi) is 7.11. The number of halogens is 2. The molecular weight excluding hydrogens is 287 g/mol. The summed E-state index contributed by atoms with van der Waals surface area (Å²) in [5.74, 6) is -0.338. The molecule has 0 aliphatic heterocycles. The highest BCUT2D eigenvalue weighted by Crippen LogP contribution is 2.30. The van der Waals surface area contributed by atoms with E-state index in [1.807, 2.05) is 0 Å². The highest BCUT2D eigenvalue weighted by molar-refractivity contribution is 6.30. The zero-order chi connectivity index (χ0) is 16.0. The van der Waals surface area contributed by atoms with Gasteiger partial charge in [-0.1, -0.05) is 51.4 Å². The van der Waals surface area contributed by atoms with Crippen molar-refractivity contribution in [1.82, 2.24) is 4.90 Å². The van der Waals surface area contributed by atoms with Crippen LogP contribution in [0.4, 0.5) is 4.39 Å². The molecule has 2 nitrogen and oxygen atoms in total. The van der Waals surface area contributed by atoms with Gasteiger partial charge in [-0.25, -0.2) is 4.39 Å². The number of nitrogens with zero attached hydrogens (tertiary/aromatic N) is 1. The van der Waals surface area contributed by atoms with Gasteiger partial charge in [0.2, 0.25) is 0 Å². The van der Waals surface area contributed by atoms with Gasteiger partial charge < -0.3 is 5.73 Å². The molecule has 0 radical (unpaired) electrons. The van der Waals surface area contributed by atoms with Crippen molar-refractivity contribution in [3.05, 3.63) is 34.6 Å². The number of benzene rings is 1. The van der Waals surface area contributed by atoms with Crippen molar-refractivity contribution in [2.24, 2.45) is 5.73 Å². The summed E-state index contributed by atoms with van der Waals surface area (Å²) in [5, 5.41) is 0.168. The van der Waals surface area contributed by atoms with Crippen LogP contribution in [-0.4, -0.2) is 29.6 Å². The maximum atomic E-state index is 14.1. The van der Waals surface area contributed by atoms with E-state index in [0.717, 1.165) is 25.9 Å². The molecule has 0 saturated heterocycles. The van der Waals surface area contributed by atoms with Gasteiger partial charge in [0.05, 0.1) is 5.02 Å². The molecule has 0 amide bonds. The molecule has 120 valence electrons. The van der Waals surface area contributed by atoms with E-state index in [-0.39, 0.29) is 22.4 Å². The third-order valence-electron chi connectivity index (χ3n) is 4.78. The lowest BCUT2D eigenvalue weighted by molar-refractivity contribution is 0.0626. The second-order valence-corrected chi connectivity index (χ2v) is 5.91. The summed E-state index contributed by atoms with van der Waals surface area (Å²) in [5.41, 5.74) is 7.03. The summed E-state index contributed by atoms with van der Waals surface area (Å²) < 4.78 is 14.1. The largest absolute Gasteiger partial charge is 0.326 e. The highest BCUT2D eigenvalue weighted by atomic mass is 35.5. The average molecular weight is 315 g/mol. The molecule has 1 unspecified atom stereocenters. The Bertz CT molecular complexity index is 442. The fourth-order valence-electron chi connectivity index (χ4n) is 3.44. The van der Waals surface area contributed by atoms with Gasteiger partial charge in [0.15, 0.2) is 0 Å². The van der Waals surface area contributed by atoms with Crippen molar-refractivity contribution < 1.29 is 4.39 Å². The van der Waals surface area contributed by atoms with Crippen molar-refractivity contribution in [3.8, 4) is 0 Å². The molecule has 21 heavy (non-hydrogen) atoms.